The molecule has 0 spiro atoms. The molecule has 0 unspecified atom stereocenters. The average molecular weight is 483 g/mol. The topological polar surface area (TPSA) is 56.5 Å². The highest BCUT2D eigenvalue weighted by Gasteiger charge is 2.12. The Labute approximate surface area is 181 Å². The SMILES string of the molecule is CCCCc1nc2ccc(Br)cc2c(=O)n1N=Cc1cc(Cl)c(OC)c(Cl)c1. The zero-order valence-electron chi connectivity index (χ0n) is 15.4. The molecule has 0 amide bonds. The summed E-state index contributed by atoms with van der Waals surface area (Å²) < 4.78 is 7.31. The van der Waals surface area contributed by atoms with Gasteiger partial charge in [-0.1, -0.05) is 52.5 Å². The van der Waals surface area contributed by atoms with Crippen molar-refractivity contribution in [2.45, 2.75) is 26.2 Å². The third kappa shape index (κ3) is 4.40. The Morgan fingerprint density at radius 3 is 2.61 bits per heavy atom. The number of hydrogen-bond acceptors (Lipinski definition) is 4. The standard InChI is InChI=1S/C20H18BrCl2N3O2/c1-3-4-5-18-25-17-7-6-13(21)10-14(17)20(27)26(18)24-11-12-8-15(22)19(28-2)16(23)9-12/h6-11H,3-5H2,1-2H3. The van der Waals surface area contributed by atoms with E-state index in [1.165, 1.54) is 11.8 Å². The van der Waals surface area contributed by atoms with E-state index in [-0.39, 0.29) is 5.56 Å². The van der Waals surface area contributed by atoms with E-state index in [4.69, 9.17) is 27.9 Å². The molecular weight excluding hydrogens is 465 g/mol. The molecule has 1 aromatic heterocycles. The third-order valence-electron chi connectivity index (χ3n) is 4.18. The van der Waals surface area contributed by atoms with E-state index in [1.807, 2.05) is 12.1 Å². The summed E-state index contributed by atoms with van der Waals surface area (Å²) in [6.45, 7) is 2.09. The van der Waals surface area contributed by atoms with Crippen LogP contribution in [0.5, 0.6) is 5.75 Å². The van der Waals surface area contributed by atoms with E-state index < -0.39 is 0 Å². The highest BCUT2D eigenvalue weighted by atomic mass is 79.9. The zero-order chi connectivity index (χ0) is 20.3. The van der Waals surface area contributed by atoms with E-state index in [9.17, 15) is 4.79 Å². The van der Waals surface area contributed by atoms with Gasteiger partial charge >= 0.3 is 0 Å². The van der Waals surface area contributed by atoms with Crippen molar-refractivity contribution in [1.82, 2.24) is 9.66 Å². The smallest absolute Gasteiger partial charge is 0.282 e. The number of hydrogen-bond donors (Lipinski definition) is 0. The van der Waals surface area contributed by atoms with E-state index in [1.54, 1.807) is 24.4 Å². The van der Waals surface area contributed by atoms with Gasteiger partial charge in [-0.2, -0.15) is 9.78 Å². The van der Waals surface area contributed by atoms with Gasteiger partial charge in [0.1, 0.15) is 5.82 Å². The third-order valence-corrected chi connectivity index (χ3v) is 5.23. The van der Waals surface area contributed by atoms with E-state index in [2.05, 4.69) is 32.9 Å². The molecule has 0 saturated carbocycles. The van der Waals surface area contributed by atoms with Crippen molar-refractivity contribution in [3.63, 3.8) is 0 Å². The fourth-order valence-electron chi connectivity index (χ4n) is 2.78. The fourth-order valence-corrected chi connectivity index (χ4v) is 3.80. The van der Waals surface area contributed by atoms with E-state index >= 15 is 0 Å². The van der Waals surface area contributed by atoms with Crippen LogP contribution in [0.3, 0.4) is 0 Å². The summed E-state index contributed by atoms with van der Waals surface area (Å²) in [7, 11) is 1.50. The molecule has 3 rings (SSSR count). The van der Waals surface area contributed by atoms with Gasteiger partial charge in [0.25, 0.3) is 5.56 Å². The molecule has 0 radical (unpaired) electrons. The molecule has 3 aromatic rings. The largest absolute Gasteiger partial charge is 0.494 e. The Hall–Kier alpha value is -1.89. The van der Waals surface area contributed by atoms with Crippen LogP contribution in [-0.2, 0) is 6.42 Å². The minimum atomic E-state index is -0.223. The van der Waals surface area contributed by atoms with E-state index in [0.717, 1.165) is 17.3 Å². The first-order valence-corrected chi connectivity index (χ1v) is 10.3. The highest BCUT2D eigenvalue weighted by Crippen LogP contribution is 2.33. The van der Waals surface area contributed by atoms with Gasteiger partial charge in [0.15, 0.2) is 5.75 Å². The number of methoxy groups -OCH3 is 1. The number of benzene rings is 2. The van der Waals surface area contributed by atoms with Crippen molar-refractivity contribution in [2.75, 3.05) is 7.11 Å². The molecule has 0 atom stereocenters. The lowest BCUT2D eigenvalue weighted by atomic mass is 10.2. The molecule has 28 heavy (non-hydrogen) atoms. The lowest BCUT2D eigenvalue weighted by Gasteiger charge is -2.10. The maximum atomic E-state index is 13.0. The van der Waals surface area contributed by atoms with Crippen molar-refractivity contribution in [1.29, 1.82) is 0 Å². The Bertz CT molecular complexity index is 1090. The van der Waals surface area contributed by atoms with Crippen LogP contribution in [0, 0.1) is 0 Å². The van der Waals surface area contributed by atoms with Gasteiger partial charge in [-0.3, -0.25) is 4.79 Å². The maximum Gasteiger partial charge on any atom is 0.282 e. The number of ether oxygens (including phenoxy) is 1. The molecule has 8 heteroatoms. The molecule has 0 aliphatic rings. The van der Waals surface area contributed by atoms with Crippen LogP contribution in [0.2, 0.25) is 10.0 Å². The Balaban J connectivity index is 2.11. The number of unbranched alkanes of at least 4 members (excludes halogenated alkanes) is 1. The van der Waals surface area contributed by atoms with Crippen LogP contribution in [0.4, 0.5) is 0 Å². The quantitative estimate of drug-likeness (QED) is 0.423. The first-order chi connectivity index (χ1) is 13.4. The lowest BCUT2D eigenvalue weighted by Crippen LogP contribution is -2.22. The van der Waals surface area contributed by atoms with Gasteiger partial charge < -0.3 is 4.74 Å². The predicted octanol–water partition coefficient (Wildman–Crippen LogP) is 5.70. The zero-order valence-corrected chi connectivity index (χ0v) is 18.5. The molecule has 2 aromatic carbocycles. The molecule has 0 bridgehead atoms. The van der Waals surface area contributed by atoms with Crippen LogP contribution in [0.25, 0.3) is 10.9 Å². The number of aryl methyl sites for hydroxylation is 1. The Morgan fingerprint density at radius 1 is 1.25 bits per heavy atom. The second-order valence-electron chi connectivity index (χ2n) is 6.17. The second kappa shape index (κ2) is 9.07. The predicted molar refractivity (Wildman–Crippen MR) is 118 cm³/mol. The average Bonchev–Trinajstić information content (AvgIpc) is 2.66. The number of fused-ring (bicyclic) bond motifs is 1. The summed E-state index contributed by atoms with van der Waals surface area (Å²) in [6, 6.07) is 8.80. The minimum Gasteiger partial charge on any atom is -0.494 e. The monoisotopic (exact) mass is 481 g/mol. The molecule has 0 saturated heterocycles. The van der Waals surface area contributed by atoms with Crippen LogP contribution in [-0.4, -0.2) is 23.0 Å². The fraction of sp³-hybridized carbons (Fsp3) is 0.250. The molecule has 1 heterocycles. The van der Waals surface area contributed by atoms with E-state index in [0.29, 0.717) is 44.5 Å². The van der Waals surface area contributed by atoms with Crippen molar-refractivity contribution in [2.24, 2.45) is 5.10 Å². The van der Waals surface area contributed by atoms with Crippen molar-refractivity contribution >= 4 is 56.2 Å². The number of aromatic nitrogens is 2. The molecule has 5 nitrogen and oxygen atoms in total. The highest BCUT2D eigenvalue weighted by molar-refractivity contribution is 9.10. The van der Waals surface area contributed by atoms with Gasteiger partial charge in [-0.15, -0.1) is 0 Å². The lowest BCUT2D eigenvalue weighted by molar-refractivity contribution is 0.415. The normalized spacial score (nSPS) is 11.5. The van der Waals surface area contributed by atoms with Crippen molar-refractivity contribution in [3.05, 3.63) is 66.6 Å². The molecule has 0 fully saturated rings. The minimum absolute atomic E-state index is 0.223. The Kier molecular flexibility index (Phi) is 6.75. The van der Waals surface area contributed by atoms with Crippen LogP contribution >= 0.6 is 39.1 Å². The molecular formula is C20H18BrCl2N3O2. The molecule has 146 valence electrons. The summed E-state index contributed by atoms with van der Waals surface area (Å²) in [6.07, 6.45) is 4.09. The first kappa shape index (κ1) is 20.8. The van der Waals surface area contributed by atoms with Gasteiger partial charge in [0, 0.05) is 10.9 Å². The van der Waals surface area contributed by atoms with Gasteiger partial charge in [-0.25, -0.2) is 4.98 Å². The number of halogens is 3. The van der Waals surface area contributed by atoms with Crippen LogP contribution in [0.15, 0.2) is 44.7 Å². The Morgan fingerprint density at radius 2 is 1.96 bits per heavy atom. The summed E-state index contributed by atoms with van der Waals surface area (Å²) in [4.78, 5) is 17.7. The van der Waals surface area contributed by atoms with Gasteiger partial charge in [-0.05, 0) is 42.3 Å². The number of nitrogens with zero attached hydrogens (tertiary/aromatic N) is 3. The van der Waals surface area contributed by atoms with Crippen molar-refractivity contribution < 1.29 is 4.74 Å². The summed E-state index contributed by atoms with van der Waals surface area (Å²) in [5.74, 6) is 1.02. The summed E-state index contributed by atoms with van der Waals surface area (Å²) in [5, 5.41) is 5.63. The van der Waals surface area contributed by atoms with Gasteiger partial charge in [0.2, 0.25) is 0 Å². The molecule has 0 N–H and O–H groups in total. The van der Waals surface area contributed by atoms with Crippen LogP contribution < -0.4 is 10.3 Å². The van der Waals surface area contributed by atoms with Crippen LogP contribution in [0.1, 0.15) is 31.2 Å². The molecule has 0 aliphatic carbocycles. The van der Waals surface area contributed by atoms with Gasteiger partial charge in [0.05, 0.1) is 34.3 Å². The number of rotatable bonds is 6. The summed E-state index contributed by atoms with van der Waals surface area (Å²) in [5.41, 5.74) is 1.08. The first-order valence-electron chi connectivity index (χ1n) is 8.73. The summed E-state index contributed by atoms with van der Waals surface area (Å²) >= 11 is 15.8. The van der Waals surface area contributed by atoms with Crippen molar-refractivity contribution in [3.8, 4) is 5.75 Å². The second-order valence-corrected chi connectivity index (χ2v) is 7.90. The maximum absolute atomic E-state index is 13.0. The molecule has 0 aliphatic heterocycles.